The van der Waals surface area contributed by atoms with Crippen molar-refractivity contribution < 1.29 is 9.53 Å². The lowest BCUT2D eigenvalue weighted by molar-refractivity contribution is 0.0521. The Balaban J connectivity index is 2.48. The van der Waals surface area contributed by atoms with Gasteiger partial charge < -0.3 is 10.5 Å². The minimum atomic E-state index is -0.545. The topological polar surface area (TPSA) is 70.1 Å². The van der Waals surface area contributed by atoms with Gasteiger partial charge in [-0.2, -0.15) is 0 Å². The van der Waals surface area contributed by atoms with Crippen molar-refractivity contribution in [2.45, 2.75) is 6.92 Å². The second-order valence-electron chi connectivity index (χ2n) is 3.64. The number of rotatable bonds is 3. The summed E-state index contributed by atoms with van der Waals surface area (Å²) in [7, 11) is 0. The number of esters is 1. The van der Waals surface area contributed by atoms with Crippen LogP contribution in [-0.2, 0) is 4.74 Å². The number of ether oxygens (including phenoxy) is 1. The molecule has 0 unspecified atom stereocenters. The molecular weight excluding hydrogens is 334 g/mol. The fraction of sp³-hybridized carbons (Fsp3) is 0.167. The van der Waals surface area contributed by atoms with E-state index in [0.717, 1.165) is 0 Å². The lowest BCUT2D eigenvalue weighted by Gasteiger charge is -2.08. The Labute approximate surface area is 123 Å². The van der Waals surface area contributed by atoms with E-state index in [-0.39, 0.29) is 18.1 Å². The van der Waals surface area contributed by atoms with Crippen LogP contribution in [0.5, 0.6) is 0 Å². The molecule has 100 valence electrons. The van der Waals surface area contributed by atoms with Crippen LogP contribution in [0, 0.1) is 0 Å². The van der Waals surface area contributed by atoms with E-state index in [0.29, 0.717) is 15.2 Å². The van der Waals surface area contributed by atoms with Crippen LogP contribution < -0.4 is 5.73 Å². The van der Waals surface area contributed by atoms with Crippen LogP contribution in [-0.4, -0.2) is 22.1 Å². The Bertz CT molecular complexity index is 627. The van der Waals surface area contributed by atoms with E-state index < -0.39 is 5.97 Å². The summed E-state index contributed by atoms with van der Waals surface area (Å²) >= 11 is 9.40. The number of nitrogen functional groups attached to an aromatic ring is 1. The summed E-state index contributed by atoms with van der Waals surface area (Å²) in [5.41, 5.74) is 6.71. The molecule has 0 saturated heterocycles. The number of nitrogens with zero attached hydrogens (tertiary/aromatic N) is 2. The number of carbonyl (C=O) groups excluding carboxylic acids is 1. The van der Waals surface area contributed by atoms with Gasteiger partial charge in [-0.15, -0.1) is 0 Å². The predicted octanol–water partition coefficient (Wildman–Crippen LogP) is 3.05. The quantitative estimate of drug-likeness (QED) is 0.869. The summed E-state index contributed by atoms with van der Waals surface area (Å²) in [6.07, 6.45) is 1.46. The molecule has 19 heavy (non-hydrogen) atoms. The first kappa shape index (κ1) is 13.9. The molecule has 2 rings (SSSR count). The van der Waals surface area contributed by atoms with E-state index in [4.69, 9.17) is 22.1 Å². The Hall–Kier alpha value is -1.53. The second-order valence-corrected chi connectivity index (χ2v) is 4.84. The monoisotopic (exact) mass is 343 g/mol. The summed E-state index contributed by atoms with van der Waals surface area (Å²) in [5, 5.41) is 0.545. The molecule has 0 aliphatic rings. The summed E-state index contributed by atoms with van der Waals surface area (Å²) in [6.45, 7) is 1.99. The number of halogens is 2. The number of imidazole rings is 1. The van der Waals surface area contributed by atoms with Gasteiger partial charge in [-0.25, -0.2) is 9.78 Å². The normalized spacial score (nSPS) is 10.5. The summed E-state index contributed by atoms with van der Waals surface area (Å²) in [4.78, 5) is 15.6. The first-order chi connectivity index (χ1) is 9.06. The van der Waals surface area contributed by atoms with Gasteiger partial charge in [-0.1, -0.05) is 17.7 Å². The molecule has 2 N–H and O–H groups in total. The zero-order chi connectivity index (χ0) is 14.0. The number of hydrogen-bond acceptors (Lipinski definition) is 4. The van der Waals surface area contributed by atoms with E-state index in [1.165, 1.54) is 6.33 Å². The largest absolute Gasteiger partial charge is 0.461 e. The van der Waals surface area contributed by atoms with Crippen LogP contribution in [0.3, 0.4) is 0 Å². The van der Waals surface area contributed by atoms with Gasteiger partial charge in [0.15, 0.2) is 5.69 Å². The maximum atomic E-state index is 11.6. The molecular formula is C12H11BrClN3O2. The highest BCUT2D eigenvalue weighted by Gasteiger charge is 2.18. The zero-order valence-electron chi connectivity index (χ0n) is 10.1. The lowest BCUT2D eigenvalue weighted by Crippen LogP contribution is -2.09. The fourth-order valence-corrected chi connectivity index (χ4v) is 2.21. The third kappa shape index (κ3) is 2.59. The smallest absolute Gasteiger partial charge is 0.360 e. The molecule has 0 saturated carbocycles. The van der Waals surface area contributed by atoms with Crippen molar-refractivity contribution in [2.75, 3.05) is 12.3 Å². The average Bonchev–Trinajstić information content (AvgIpc) is 2.75. The van der Waals surface area contributed by atoms with Gasteiger partial charge in [0.05, 0.1) is 21.8 Å². The van der Waals surface area contributed by atoms with Gasteiger partial charge >= 0.3 is 5.97 Å². The van der Waals surface area contributed by atoms with Crippen molar-refractivity contribution in [3.8, 4) is 5.69 Å². The molecule has 0 radical (unpaired) electrons. The molecule has 2 aromatic rings. The number of nitrogens with two attached hydrogens (primary N) is 1. The summed E-state index contributed by atoms with van der Waals surface area (Å²) < 4.78 is 7.13. The molecule has 0 atom stereocenters. The molecule has 7 heteroatoms. The highest BCUT2D eigenvalue weighted by Crippen LogP contribution is 2.30. The fourth-order valence-electron chi connectivity index (χ4n) is 1.59. The predicted molar refractivity (Wildman–Crippen MR) is 76.6 cm³/mol. The van der Waals surface area contributed by atoms with Crippen LogP contribution in [0.25, 0.3) is 5.69 Å². The first-order valence-corrected chi connectivity index (χ1v) is 6.67. The van der Waals surface area contributed by atoms with E-state index >= 15 is 0 Å². The van der Waals surface area contributed by atoms with Crippen molar-refractivity contribution in [1.29, 1.82) is 0 Å². The number of carbonyl (C=O) groups is 1. The third-order valence-electron chi connectivity index (χ3n) is 2.46. The molecule has 1 aromatic carbocycles. The Morgan fingerprint density at radius 1 is 1.58 bits per heavy atom. The molecule has 0 spiro atoms. The summed E-state index contributed by atoms with van der Waals surface area (Å²) in [6, 6.07) is 5.34. The number of aromatic nitrogens is 2. The molecule has 0 bridgehead atoms. The van der Waals surface area contributed by atoms with E-state index in [9.17, 15) is 4.79 Å². The molecule has 5 nitrogen and oxygen atoms in total. The lowest BCUT2D eigenvalue weighted by atomic mass is 10.3. The highest BCUT2D eigenvalue weighted by atomic mass is 79.9. The van der Waals surface area contributed by atoms with Crippen LogP contribution in [0.1, 0.15) is 17.4 Å². The Kier molecular flexibility index (Phi) is 4.11. The van der Waals surface area contributed by atoms with E-state index in [1.54, 1.807) is 23.6 Å². The van der Waals surface area contributed by atoms with Crippen LogP contribution >= 0.6 is 27.5 Å². The van der Waals surface area contributed by atoms with Crippen molar-refractivity contribution in [1.82, 2.24) is 9.55 Å². The standard InChI is InChI=1S/C12H11BrClN3O2/c1-2-19-12(18)10-11(15)17(6-16-10)8-5-3-4-7(14)9(8)13/h3-6H,2,15H2,1H3. The molecule has 0 fully saturated rings. The molecule has 1 heterocycles. The molecule has 0 aliphatic carbocycles. The van der Waals surface area contributed by atoms with Crippen molar-refractivity contribution in [3.63, 3.8) is 0 Å². The van der Waals surface area contributed by atoms with E-state index in [1.807, 2.05) is 6.07 Å². The van der Waals surface area contributed by atoms with Crippen LogP contribution in [0.4, 0.5) is 5.82 Å². The van der Waals surface area contributed by atoms with Crippen molar-refractivity contribution >= 4 is 39.3 Å². The maximum Gasteiger partial charge on any atom is 0.360 e. The van der Waals surface area contributed by atoms with E-state index in [2.05, 4.69) is 20.9 Å². The maximum absolute atomic E-state index is 11.6. The van der Waals surface area contributed by atoms with Gasteiger partial charge in [0.25, 0.3) is 0 Å². The van der Waals surface area contributed by atoms with Gasteiger partial charge in [0.2, 0.25) is 0 Å². The number of benzene rings is 1. The van der Waals surface area contributed by atoms with Gasteiger partial charge in [-0.05, 0) is 35.0 Å². The summed E-state index contributed by atoms with van der Waals surface area (Å²) in [5.74, 6) is -0.335. The van der Waals surface area contributed by atoms with Crippen molar-refractivity contribution in [3.05, 3.63) is 39.7 Å². The SMILES string of the molecule is CCOC(=O)c1ncn(-c2cccc(Cl)c2Br)c1N. The van der Waals surface area contributed by atoms with Crippen molar-refractivity contribution in [2.24, 2.45) is 0 Å². The van der Waals surface area contributed by atoms with Gasteiger partial charge in [0, 0.05) is 0 Å². The molecule has 0 amide bonds. The zero-order valence-corrected chi connectivity index (χ0v) is 12.4. The number of hydrogen-bond donors (Lipinski definition) is 1. The Morgan fingerprint density at radius 2 is 2.32 bits per heavy atom. The minimum absolute atomic E-state index is 0.0914. The molecule has 1 aromatic heterocycles. The average molecular weight is 345 g/mol. The second kappa shape index (κ2) is 5.63. The highest BCUT2D eigenvalue weighted by molar-refractivity contribution is 9.10. The van der Waals surface area contributed by atoms with Gasteiger partial charge in [0.1, 0.15) is 12.1 Å². The molecule has 0 aliphatic heterocycles. The number of anilines is 1. The third-order valence-corrected chi connectivity index (χ3v) is 3.84. The van der Waals surface area contributed by atoms with Gasteiger partial charge in [-0.3, -0.25) is 4.57 Å². The first-order valence-electron chi connectivity index (χ1n) is 5.50. The Morgan fingerprint density at radius 3 is 3.00 bits per heavy atom. The minimum Gasteiger partial charge on any atom is -0.461 e. The van der Waals surface area contributed by atoms with Crippen LogP contribution in [0.2, 0.25) is 5.02 Å². The van der Waals surface area contributed by atoms with Crippen LogP contribution in [0.15, 0.2) is 29.0 Å².